The SMILES string of the molecule is C=C/C=C1/C(Cc2sc(NCc3cccc(C)n3)nc2Cl)=CN=C1N. The van der Waals surface area contributed by atoms with Gasteiger partial charge in [0.15, 0.2) is 5.13 Å². The van der Waals surface area contributed by atoms with Crippen LogP contribution in [0.3, 0.4) is 0 Å². The highest BCUT2D eigenvalue weighted by atomic mass is 35.5. The summed E-state index contributed by atoms with van der Waals surface area (Å²) >= 11 is 7.82. The van der Waals surface area contributed by atoms with Crippen molar-refractivity contribution in [3.05, 3.63) is 75.7 Å². The highest BCUT2D eigenvalue weighted by molar-refractivity contribution is 7.16. The summed E-state index contributed by atoms with van der Waals surface area (Å²) in [6, 6.07) is 5.94. The number of nitrogens with zero attached hydrogens (tertiary/aromatic N) is 3. The standard InChI is InChI=1S/C18H18ClN5S/c1-3-5-14-12(9-21-17(14)20)8-15-16(19)24-18(25-15)22-10-13-7-4-6-11(2)23-13/h3-7,9H,1,8,10H2,2H3,(H2,20,21)(H,22,24)/b14-5-. The maximum absolute atomic E-state index is 6.30. The van der Waals surface area contributed by atoms with Crippen LogP contribution in [0.1, 0.15) is 16.3 Å². The van der Waals surface area contributed by atoms with Gasteiger partial charge in [-0.3, -0.25) is 4.98 Å². The van der Waals surface area contributed by atoms with Gasteiger partial charge in [-0.15, -0.1) is 11.3 Å². The molecule has 128 valence electrons. The molecule has 0 saturated heterocycles. The van der Waals surface area contributed by atoms with Crippen molar-refractivity contribution in [3.8, 4) is 0 Å². The second-order valence-electron chi connectivity index (χ2n) is 5.52. The summed E-state index contributed by atoms with van der Waals surface area (Å²) in [5.41, 5.74) is 9.74. The second-order valence-corrected chi connectivity index (χ2v) is 6.96. The van der Waals surface area contributed by atoms with E-state index in [-0.39, 0.29) is 0 Å². The van der Waals surface area contributed by atoms with Crippen molar-refractivity contribution in [3.63, 3.8) is 0 Å². The number of nitrogens with one attached hydrogen (secondary N) is 1. The quantitative estimate of drug-likeness (QED) is 0.804. The summed E-state index contributed by atoms with van der Waals surface area (Å²) in [7, 11) is 0. The molecule has 1 aliphatic rings. The van der Waals surface area contributed by atoms with Gasteiger partial charge in [-0.25, -0.2) is 9.98 Å². The number of amidine groups is 1. The molecule has 0 amide bonds. The predicted molar refractivity (Wildman–Crippen MR) is 105 cm³/mol. The Morgan fingerprint density at radius 3 is 2.96 bits per heavy atom. The van der Waals surface area contributed by atoms with E-state index in [1.165, 1.54) is 11.3 Å². The molecular formula is C18H18ClN5S. The van der Waals surface area contributed by atoms with Crippen LogP contribution in [0.15, 0.2) is 59.3 Å². The summed E-state index contributed by atoms with van der Waals surface area (Å²) in [6.07, 6.45) is 5.96. The maximum Gasteiger partial charge on any atom is 0.184 e. The first-order chi connectivity index (χ1) is 12.1. The largest absolute Gasteiger partial charge is 0.383 e. The zero-order valence-electron chi connectivity index (χ0n) is 13.8. The average Bonchev–Trinajstić information content (AvgIpc) is 3.11. The molecule has 0 bridgehead atoms. The molecule has 0 spiro atoms. The topological polar surface area (TPSA) is 76.2 Å². The van der Waals surface area contributed by atoms with Crippen molar-refractivity contribution in [2.75, 3.05) is 5.32 Å². The maximum atomic E-state index is 6.30. The fraction of sp³-hybridized carbons (Fsp3) is 0.167. The number of thiazole rings is 1. The van der Waals surface area contributed by atoms with Crippen molar-refractivity contribution >= 4 is 33.9 Å². The van der Waals surface area contributed by atoms with Crippen LogP contribution in [0.25, 0.3) is 0 Å². The van der Waals surface area contributed by atoms with E-state index in [9.17, 15) is 0 Å². The van der Waals surface area contributed by atoms with Crippen LogP contribution in [0.4, 0.5) is 5.13 Å². The third-order valence-corrected chi connectivity index (χ3v) is 5.07. The number of pyridine rings is 1. The van der Waals surface area contributed by atoms with Gasteiger partial charge in [-0.2, -0.15) is 0 Å². The van der Waals surface area contributed by atoms with Gasteiger partial charge in [0, 0.05) is 23.9 Å². The van der Waals surface area contributed by atoms with Crippen molar-refractivity contribution in [1.29, 1.82) is 0 Å². The van der Waals surface area contributed by atoms with E-state index in [2.05, 4.69) is 26.9 Å². The number of aromatic nitrogens is 2. The molecule has 7 heteroatoms. The number of anilines is 1. The number of rotatable bonds is 6. The Hall–Kier alpha value is -2.44. The molecule has 3 N–H and O–H groups in total. The molecular weight excluding hydrogens is 354 g/mol. The number of nitrogens with two attached hydrogens (primary N) is 1. The minimum Gasteiger partial charge on any atom is -0.383 e. The normalized spacial score (nSPS) is 15.2. The first kappa shape index (κ1) is 17.4. The van der Waals surface area contributed by atoms with Crippen molar-refractivity contribution < 1.29 is 0 Å². The predicted octanol–water partition coefficient (Wildman–Crippen LogP) is 4.02. The van der Waals surface area contributed by atoms with Crippen LogP contribution in [-0.2, 0) is 13.0 Å². The Kier molecular flexibility index (Phi) is 5.31. The number of halogens is 1. The second kappa shape index (κ2) is 7.63. The smallest absolute Gasteiger partial charge is 0.184 e. The van der Waals surface area contributed by atoms with Crippen LogP contribution in [0.5, 0.6) is 0 Å². The molecule has 0 aromatic carbocycles. The monoisotopic (exact) mass is 371 g/mol. The number of allylic oxidation sites excluding steroid dienone is 2. The summed E-state index contributed by atoms with van der Waals surface area (Å²) in [5.74, 6) is 0.499. The lowest BCUT2D eigenvalue weighted by Gasteiger charge is -2.04. The number of hydrogen-bond donors (Lipinski definition) is 2. The summed E-state index contributed by atoms with van der Waals surface area (Å²) < 4.78 is 0. The number of hydrogen-bond acceptors (Lipinski definition) is 6. The molecule has 0 saturated carbocycles. The van der Waals surface area contributed by atoms with Crippen LogP contribution >= 0.6 is 22.9 Å². The van der Waals surface area contributed by atoms with Crippen molar-refractivity contribution in [2.24, 2.45) is 10.7 Å². The summed E-state index contributed by atoms with van der Waals surface area (Å²) in [4.78, 5) is 14.0. The lowest BCUT2D eigenvalue weighted by atomic mass is 10.0. The molecule has 0 radical (unpaired) electrons. The Balaban J connectivity index is 1.69. The van der Waals surface area contributed by atoms with Gasteiger partial charge in [0.2, 0.25) is 0 Å². The van der Waals surface area contributed by atoms with Crippen LogP contribution < -0.4 is 11.1 Å². The van der Waals surface area contributed by atoms with Crippen LogP contribution in [-0.4, -0.2) is 15.8 Å². The molecule has 0 fully saturated rings. The molecule has 0 aliphatic carbocycles. The highest BCUT2D eigenvalue weighted by Crippen LogP contribution is 2.32. The molecule has 5 nitrogen and oxygen atoms in total. The fourth-order valence-electron chi connectivity index (χ4n) is 2.46. The molecule has 3 rings (SSSR count). The number of aliphatic imine (C=N–C) groups is 1. The third-order valence-electron chi connectivity index (χ3n) is 3.63. The van der Waals surface area contributed by atoms with Gasteiger partial charge in [0.25, 0.3) is 0 Å². The van der Waals surface area contributed by atoms with Crippen LogP contribution in [0.2, 0.25) is 5.15 Å². The molecule has 25 heavy (non-hydrogen) atoms. The number of aryl methyl sites for hydroxylation is 1. The van der Waals surface area contributed by atoms with Gasteiger partial charge in [0.05, 0.1) is 17.1 Å². The fourth-order valence-corrected chi connectivity index (χ4v) is 3.65. The zero-order chi connectivity index (χ0) is 17.8. The van der Waals surface area contributed by atoms with Crippen molar-refractivity contribution in [2.45, 2.75) is 19.9 Å². The summed E-state index contributed by atoms with van der Waals surface area (Å²) in [5, 5.41) is 4.54. The first-order valence-corrected chi connectivity index (χ1v) is 8.93. The minimum atomic E-state index is 0.494. The molecule has 2 aromatic heterocycles. The molecule has 3 heterocycles. The van der Waals surface area contributed by atoms with E-state index in [1.807, 2.05) is 31.2 Å². The van der Waals surface area contributed by atoms with Gasteiger partial charge in [-0.05, 0) is 24.6 Å². The van der Waals surface area contributed by atoms with Gasteiger partial charge in [-0.1, -0.05) is 36.4 Å². The van der Waals surface area contributed by atoms with E-state index in [0.717, 1.165) is 32.5 Å². The Bertz CT molecular complexity index is 895. The lowest BCUT2D eigenvalue weighted by Crippen LogP contribution is -2.12. The lowest BCUT2D eigenvalue weighted by molar-refractivity contribution is 1.01. The van der Waals surface area contributed by atoms with Gasteiger partial charge in [0.1, 0.15) is 11.0 Å². The Morgan fingerprint density at radius 1 is 1.36 bits per heavy atom. The van der Waals surface area contributed by atoms with E-state index in [4.69, 9.17) is 17.3 Å². The van der Waals surface area contributed by atoms with Gasteiger partial charge >= 0.3 is 0 Å². The van der Waals surface area contributed by atoms with E-state index in [1.54, 1.807) is 12.3 Å². The highest BCUT2D eigenvalue weighted by Gasteiger charge is 2.18. The molecule has 0 atom stereocenters. The Labute approximate surface area is 155 Å². The molecule has 0 unspecified atom stereocenters. The van der Waals surface area contributed by atoms with E-state index < -0.39 is 0 Å². The average molecular weight is 372 g/mol. The molecule has 2 aromatic rings. The molecule has 1 aliphatic heterocycles. The summed E-state index contributed by atoms with van der Waals surface area (Å²) in [6.45, 7) is 6.29. The Morgan fingerprint density at radius 2 is 2.20 bits per heavy atom. The minimum absolute atomic E-state index is 0.494. The zero-order valence-corrected chi connectivity index (χ0v) is 15.4. The van der Waals surface area contributed by atoms with Crippen LogP contribution in [0, 0.1) is 6.92 Å². The van der Waals surface area contributed by atoms with Crippen molar-refractivity contribution in [1.82, 2.24) is 9.97 Å². The third kappa shape index (κ3) is 4.15. The first-order valence-electron chi connectivity index (χ1n) is 7.74. The van der Waals surface area contributed by atoms with E-state index >= 15 is 0 Å². The van der Waals surface area contributed by atoms with Gasteiger partial charge < -0.3 is 11.1 Å². The van der Waals surface area contributed by atoms with E-state index in [0.29, 0.717) is 24.0 Å².